The van der Waals surface area contributed by atoms with Crippen molar-refractivity contribution in [1.82, 2.24) is 9.97 Å². The van der Waals surface area contributed by atoms with Crippen LogP contribution < -0.4 is 0 Å². The quantitative estimate of drug-likeness (QED) is 0.894. The molecule has 0 aliphatic heterocycles. The molecular formula is C12H10ClFN2O. The summed E-state index contributed by atoms with van der Waals surface area (Å²) in [6, 6.07) is 5.41. The van der Waals surface area contributed by atoms with Gasteiger partial charge in [0.2, 0.25) is 0 Å². The zero-order valence-electron chi connectivity index (χ0n) is 9.06. The largest absolute Gasteiger partial charge is 0.382 e. The molecule has 0 amide bonds. The lowest BCUT2D eigenvalue weighted by Gasteiger charge is -2.12. The van der Waals surface area contributed by atoms with E-state index in [9.17, 15) is 9.50 Å². The number of aliphatic hydroxyl groups excluding tert-OH is 1. The molecule has 17 heavy (non-hydrogen) atoms. The van der Waals surface area contributed by atoms with Crippen LogP contribution >= 0.6 is 11.6 Å². The second-order valence-electron chi connectivity index (χ2n) is 3.60. The monoisotopic (exact) mass is 252 g/mol. The van der Waals surface area contributed by atoms with Gasteiger partial charge in [0.15, 0.2) is 0 Å². The highest BCUT2D eigenvalue weighted by molar-refractivity contribution is 6.31. The van der Waals surface area contributed by atoms with Gasteiger partial charge in [-0.1, -0.05) is 11.6 Å². The molecule has 0 bridgehead atoms. The molecule has 1 atom stereocenters. The van der Waals surface area contributed by atoms with Gasteiger partial charge in [-0.3, -0.25) is 0 Å². The van der Waals surface area contributed by atoms with E-state index in [0.29, 0.717) is 22.1 Å². The Labute approximate surface area is 103 Å². The molecule has 1 heterocycles. The van der Waals surface area contributed by atoms with E-state index in [-0.39, 0.29) is 0 Å². The maximum absolute atomic E-state index is 13.1. The van der Waals surface area contributed by atoms with Crippen molar-refractivity contribution in [3.05, 3.63) is 58.4 Å². The SMILES string of the molecule is Cc1nccc(C(O)c2cc(F)ccc2Cl)n1. The Hall–Kier alpha value is -1.52. The minimum atomic E-state index is -1.06. The van der Waals surface area contributed by atoms with Crippen LogP contribution in [-0.2, 0) is 0 Å². The lowest BCUT2D eigenvalue weighted by molar-refractivity contribution is 0.214. The second kappa shape index (κ2) is 4.77. The van der Waals surface area contributed by atoms with Crippen molar-refractivity contribution in [3.63, 3.8) is 0 Å². The summed E-state index contributed by atoms with van der Waals surface area (Å²) >= 11 is 5.91. The minimum absolute atomic E-state index is 0.296. The highest BCUT2D eigenvalue weighted by atomic mass is 35.5. The molecule has 0 saturated carbocycles. The maximum atomic E-state index is 13.1. The van der Waals surface area contributed by atoms with Crippen LogP contribution in [0.1, 0.15) is 23.2 Å². The molecule has 2 rings (SSSR count). The molecule has 1 aromatic carbocycles. The van der Waals surface area contributed by atoms with Crippen LogP contribution in [0.5, 0.6) is 0 Å². The summed E-state index contributed by atoms with van der Waals surface area (Å²) < 4.78 is 13.1. The zero-order valence-corrected chi connectivity index (χ0v) is 9.82. The fourth-order valence-corrected chi connectivity index (χ4v) is 1.73. The smallest absolute Gasteiger partial charge is 0.125 e. The van der Waals surface area contributed by atoms with Gasteiger partial charge in [-0.25, -0.2) is 14.4 Å². The van der Waals surface area contributed by atoms with E-state index in [1.54, 1.807) is 13.0 Å². The van der Waals surface area contributed by atoms with Crippen molar-refractivity contribution >= 4 is 11.6 Å². The number of aryl methyl sites for hydroxylation is 1. The Morgan fingerprint density at radius 1 is 1.35 bits per heavy atom. The summed E-state index contributed by atoms with van der Waals surface area (Å²) in [7, 11) is 0. The zero-order chi connectivity index (χ0) is 12.4. The molecule has 0 aliphatic rings. The third kappa shape index (κ3) is 2.60. The van der Waals surface area contributed by atoms with E-state index >= 15 is 0 Å². The summed E-state index contributed by atoms with van der Waals surface area (Å²) in [5.41, 5.74) is 0.690. The first-order valence-corrected chi connectivity index (χ1v) is 5.38. The van der Waals surface area contributed by atoms with Crippen molar-refractivity contribution in [1.29, 1.82) is 0 Å². The predicted octanol–water partition coefficient (Wildman–Crippen LogP) is 2.66. The van der Waals surface area contributed by atoms with E-state index in [0.717, 1.165) is 0 Å². The Kier molecular flexibility index (Phi) is 3.36. The van der Waals surface area contributed by atoms with Gasteiger partial charge in [0, 0.05) is 16.8 Å². The van der Waals surface area contributed by atoms with Crippen molar-refractivity contribution in [3.8, 4) is 0 Å². The maximum Gasteiger partial charge on any atom is 0.125 e. The van der Waals surface area contributed by atoms with Crippen LogP contribution in [0.15, 0.2) is 30.5 Å². The van der Waals surface area contributed by atoms with Crippen LogP contribution in [0, 0.1) is 12.7 Å². The van der Waals surface area contributed by atoms with Gasteiger partial charge in [0.25, 0.3) is 0 Å². The highest BCUT2D eigenvalue weighted by Crippen LogP contribution is 2.27. The van der Waals surface area contributed by atoms with Gasteiger partial charge in [0.05, 0.1) is 5.69 Å². The summed E-state index contributed by atoms with van der Waals surface area (Å²) in [6.07, 6.45) is 0.480. The Balaban J connectivity index is 2.43. The number of nitrogens with zero attached hydrogens (tertiary/aromatic N) is 2. The van der Waals surface area contributed by atoms with Gasteiger partial charge in [-0.15, -0.1) is 0 Å². The molecule has 0 radical (unpaired) electrons. The third-order valence-corrected chi connectivity index (χ3v) is 2.67. The number of aliphatic hydroxyl groups is 1. The molecule has 1 N–H and O–H groups in total. The second-order valence-corrected chi connectivity index (χ2v) is 4.00. The Bertz CT molecular complexity index is 548. The van der Waals surface area contributed by atoms with Gasteiger partial charge in [-0.05, 0) is 31.2 Å². The number of benzene rings is 1. The summed E-state index contributed by atoms with van der Waals surface area (Å²) in [4.78, 5) is 8.00. The molecule has 0 spiro atoms. The summed E-state index contributed by atoms with van der Waals surface area (Å²) in [5, 5.41) is 10.4. The van der Waals surface area contributed by atoms with E-state index in [2.05, 4.69) is 9.97 Å². The third-order valence-electron chi connectivity index (χ3n) is 2.33. The van der Waals surface area contributed by atoms with Crippen LogP contribution in [0.2, 0.25) is 5.02 Å². The van der Waals surface area contributed by atoms with Crippen molar-refractivity contribution < 1.29 is 9.50 Å². The van der Waals surface area contributed by atoms with Crippen molar-refractivity contribution in [2.45, 2.75) is 13.0 Å². The Morgan fingerprint density at radius 3 is 2.82 bits per heavy atom. The highest BCUT2D eigenvalue weighted by Gasteiger charge is 2.16. The van der Waals surface area contributed by atoms with Gasteiger partial charge >= 0.3 is 0 Å². The first-order valence-electron chi connectivity index (χ1n) is 5.00. The van der Waals surface area contributed by atoms with Gasteiger partial charge in [0.1, 0.15) is 17.7 Å². The van der Waals surface area contributed by atoms with Gasteiger partial charge in [-0.2, -0.15) is 0 Å². The molecule has 88 valence electrons. The number of halogens is 2. The molecule has 3 nitrogen and oxygen atoms in total. The van der Waals surface area contributed by atoms with Gasteiger partial charge < -0.3 is 5.11 Å². The van der Waals surface area contributed by atoms with Crippen LogP contribution in [-0.4, -0.2) is 15.1 Å². The molecule has 0 saturated heterocycles. The summed E-state index contributed by atoms with van der Waals surface area (Å²) in [6.45, 7) is 1.71. The molecule has 2 aromatic rings. The predicted molar refractivity (Wildman–Crippen MR) is 62.2 cm³/mol. The van der Waals surface area contributed by atoms with Crippen molar-refractivity contribution in [2.24, 2.45) is 0 Å². The minimum Gasteiger partial charge on any atom is -0.382 e. The molecule has 1 aromatic heterocycles. The topological polar surface area (TPSA) is 46.0 Å². The average molecular weight is 253 g/mol. The molecule has 0 fully saturated rings. The number of rotatable bonds is 2. The number of aromatic nitrogens is 2. The van der Waals surface area contributed by atoms with Crippen LogP contribution in [0.4, 0.5) is 4.39 Å². The lowest BCUT2D eigenvalue weighted by atomic mass is 10.1. The first kappa shape index (κ1) is 12.0. The molecule has 0 aliphatic carbocycles. The Morgan fingerprint density at radius 2 is 2.12 bits per heavy atom. The number of hydrogen-bond acceptors (Lipinski definition) is 3. The van der Waals surface area contributed by atoms with E-state index in [1.165, 1.54) is 24.4 Å². The van der Waals surface area contributed by atoms with Crippen LogP contribution in [0.25, 0.3) is 0 Å². The van der Waals surface area contributed by atoms with E-state index < -0.39 is 11.9 Å². The standard InChI is InChI=1S/C12H10ClFN2O/c1-7-15-5-4-11(16-7)12(17)9-6-8(14)2-3-10(9)13/h2-6,12,17H,1H3. The fraction of sp³-hybridized carbons (Fsp3) is 0.167. The normalized spacial score (nSPS) is 12.5. The lowest BCUT2D eigenvalue weighted by Crippen LogP contribution is -2.05. The average Bonchev–Trinajstić information content (AvgIpc) is 2.31. The summed E-state index contributed by atoms with van der Waals surface area (Å²) in [5.74, 6) is 0.0864. The molecular weight excluding hydrogens is 243 g/mol. The van der Waals surface area contributed by atoms with E-state index in [1.807, 2.05) is 0 Å². The van der Waals surface area contributed by atoms with E-state index in [4.69, 9.17) is 11.6 Å². The first-order chi connectivity index (χ1) is 8.08. The fourth-order valence-electron chi connectivity index (χ4n) is 1.51. The molecule has 1 unspecified atom stereocenters. The van der Waals surface area contributed by atoms with Crippen molar-refractivity contribution in [2.75, 3.05) is 0 Å². The van der Waals surface area contributed by atoms with Crippen LogP contribution in [0.3, 0.4) is 0 Å². The number of hydrogen-bond donors (Lipinski definition) is 1. The molecule has 5 heteroatoms.